The van der Waals surface area contributed by atoms with Gasteiger partial charge in [-0.05, 0) is 23.8 Å². The quantitative estimate of drug-likeness (QED) is 0.645. The Bertz CT molecular complexity index is 624. The number of carbonyl (C=O) groups is 1. The lowest BCUT2D eigenvalue weighted by Gasteiger charge is -2.14. The van der Waals surface area contributed by atoms with Crippen molar-refractivity contribution in [3.8, 4) is 12.3 Å². The van der Waals surface area contributed by atoms with Gasteiger partial charge in [0.25, 0.3) is 0 Å². The summed E-state index contributed by atoms with van der Waals surface area (Å²) in [5.74, 6) is 1.19. The van der Waals surface area contributed by atoms with E-state index < -0.39 is 16.0 Å². The summed E-state index contributed by atoms with van der Waals surface area (Å²) in [6.07, 6.45) is 7.43. The van der Waals surface area contributed by atoms with Crippen LogP contribution < -0.4 is 0 Å². The van der Waals surface area contributed by atoms with Crippen LogP contribution in [0.1, 0.15) is 5.56 Å². The minimum Gasteiger partial charge on any atom is -0.478 e. The van der Waals surface area contributed by atoms with E-state index in [1.54, 1.807) is 0 Å². The maximum Gasteiger partial charge on any atom is 0.328 e. The zero-order chi connectivity index (χ0) is 14.5. The van der Waals surface area contributed by atoms with Gasteiger partial charge in [0.2, 0.25) is 10.0 Å². The second-order valence-corrected chi connectivity index (χ2v) is 5.75. The number of carboxylic acids is 1. The lowest BCUT2D eigenvalue weighted by Crippen LogP contribution is -2.27. The summed E-state index contributed by atoms with van der Waals surface area (Å²) in [7, 11) is -2.20. The minimum atomic E-state index is -3.60. The van der Waals surface area contributed by atoms with E-state index in [4.69, 9.17) is 11.5 Å². The van der Waals surface area contributed by atoms with Gasteiger partial charge in [0.05, 0.1) is 11.4 Å². The van der Waals surface area contributed by atoms with E-state index in [0.29, 0.717) is 5.56 Å². The van der Waals surface area contributed by atoms with E-state index >= 15 is 0 Å². The summed E-state index contributed by atoms with van der Waals surface area (Å²) in [5, 5.41) is 8.48. The first-order valence-electron chi connectivity index (χ1n) is 5.29. The molecule has 0 aliphatic carbocycles. The summed E-state index contributed by atoms with van der Waals surface area (Å²) < 4.78 is 25.1. The smallest absolute Gasteiger partial charge is 0.328 e. The highest BCUT2D eigenvalue weighted by Gasteiger charge is 2.19. The van der Waals surface area contributed by atoms with Crippen LogP contribution in [0.25, 0.3) is 6.08 Å². The predicted octanol–water partition coefficient (Wildman–Crippen LogP) is 1.04. The first-order chi connectivity index (χ1) is 8.87. The molecule has 0 amide bonds. The SMILES string of the molecule is C#CCN(C)S(=O)(=O)c1ccc(/C=C/C(=O)O)cc1. The summed E-state index contributed by atoms with van der Waals surface area (Å²) >= 11 is 0. The normalized spacial score (nSPS) is 11.6. The number of rotatable bonds is 5. The molecule has 0 aromatic heterocycles. The first-order valence-corrected chi connectivity index (χ1v) is 6.73. The molecule has 0 spiro atoms. The Balaban J connectivity index is 2.99. The summed E-state index contributed by atoms with van der Waals surface area (Å²) in [6, 6.07) is 5.86. The topological polar surface area (TPSA) is 74.7 Å². The molecule has 100 valence electrons. The molecule has 19 heavy (non-hydrogen) atoms. The van der Waals surface area contributed by atoms with Gasteiger partial charge < -0.3 is 5.11 Å². The number of benzene rings is 1. The van der Waals surface area contributed by atoms with Crippen LogP contribution in [0.3, 0.4) is 0 Å². The highest BCUT2D eigenvalue weighted by molar-refractivity contribution is 7.89. The molecule has 0 aliphatic heterocycles. The zero-order valence-corrected chi connectivity index (χ0v) is 11.1. The Morgan fingerprint density at radius 2 is 2.00 bits per heavy atom. The second-order valence-electron chi connectivity index (χ2n) is 3.71. The molecule has 0 aliphatic rings. The monoisotopic (exact) mass is 279 g/mol. The number of hydrogen-bond acceptors (Lipinski definition) is 3. The van der Waals surface area contributed by atoms with Crippen LogP contribution in [0.5, 0.6) is 0 Å². The van der Waals surface area contributed by atoms with Gasteiger partial charge in [-0.15, -0.1) is 6.42 Å². The van der Waals surface area contributed by atoms with Gasteiger partial charge in [-0.3, -0.25) is 0 Å². The molecular formula is C13H13NO4S. The zero-order valence-electron chi connectivity index (χ0n) is 10.3. The molecule has 1 aromatic rings. The van der Waals surface area contributed by atoms with Gasteiger partial charge in [0.1, 0.15) is 0 Å². The lowest BCUT2D eigenvalue weighted by atomic mass is 10.2. The van der Waals surface area contributed by atoms with E-state index in [-0.39, 0.29) is 11.4 Å². The Morgan fingerprint density at radius 1 is 1.42 bits per heavy atom. The van der Waals surface area contributed by atoms with Crippen LogP contribution in [0.15, 0.2) is 35.2 Å². The fourth-order valence-corrected chi connectivity index (χ4v) is 2.40. The highest BCUT2D eigenvalue weighted by atomic mass is 32.2. The molecule has 0 fully saturated rings. The van der Waals surface area contributed by atoms with Crippen molar-refractivity contribution < 1.29 is 18.3 Å². The van der Waals surface area contributed by atoms with Crippen molar-refractivity contribution in [2.75, 3.05) is 13.6 Å². The second kappa shape index (κ2) is 6.18. The third-order valence-electron chi connectivity index (χ3n) is 2.32. The standard InChI is InChI=1S/C13H13NO4S/c1-3-10-14(2)19(17,18)12-7-4-11(5-8-12)6-9-13(15)16/h1,4-9H,10H2,2H3,(H,15,16)/b9-6+. The van der Waals surface area contributed by atoms with Crippen molar-refractivity contribution in [1.29, 1.82) is 0 Å². The maximum absolute atomic E-state index is 12.0. The molecular weight excluding hydrogens is 266 g/mol. The van der Waals surface area contributed by atoms with Gasteiger partial charge in [-0.2, -0.15) is 4.31 Å². The van der Waals surface area contributed by atoms with Crippen molar-refractivity contribution >= 4 is 22.1 Å². The van der Waals surface area contributed by atoms with Gasteiger partial charge in [-0.25, -0.2) is 13.2 Å². The van der Waals surface area contributed by atoms with Crippen molar-refractivity contribution in [1.82, 2.24) is 4.31 Å². The molecule has 1 aromatic carbocycles. The summed E-state index contributed by atoms with van der Waals surface area (Å²) in [6.45, 7) is -0.0109. The molecule has 0 saturated carbocycles. The number of hydrogen-bond donors (Lipinski definition) is 1. The van der Waals surface area contributed by atoms with E-state index in [9.17, 15) is 13.2 Å². The molecule has 0 saturated heterocycles. The Kier molecular flexibility index (Phi) is 4.87. The van der Waals surface area contributed by atoms with Gasteiger partial charge in [-0.1, -0.05) is 18.1 Å². The molecule has 0 heterocycles. The molecule has 0 bridgehead atoms. The molecule has 0 atom stereocenters. The number of nitrogens with zero attached hydrogens (tertiary/aromatic N) is 1. The summed E-state index contributed by atoms with van der Waals surface area (Å²) in [5.41, 5.74) is 0.598. The van der Waals surface area contributed by atoms with E-state index in [1.165, 1.54) is 37.4 Å². The van der Waals surface area contributed by atoms with Crippen molar-refractivity contribution in [3.05, 3.63) is 35.9 Å². The van der Waals surface area contributed by atoms with E-state index in [2.05, 4.69) is 5.92 Å². The average molecular weight is 279 g/mol. The molecule has 1 rings (SSSR count). The molecule has 1 N–H and O–H groups in total. The Hall–Kier alpha value is -2.10. The number of sulfonamides is 1. The highest BCUT2D eigenvalue weighted by Crippen LogP contribution is 2.15. The molecule has 6 heteroatoms. The third kappa shape index (κ3) is 3.95. The van der Waals surface area contributed by atoms with Crippen LogP contribution in [0, 0.1) is 12.3 Å². The molecule has 5 nitrogen and oxygen atoms in total. The van der Waals surface area contributed by atoms with Crippen LogP contribution in [-0.2, 0) is 14.8 Å². The van der Waals surface area contributed by atoms with E-state index in [1.807, 2.05) is 0 Å². The Labute approximate surface area is 112 Å². The summed E-state index contributed by atoms with van der Waals surface area (Å²) in [4.78, 5) is 10.5. The number of carboxylic acid groups (broad SMARTS) is 1. The van der Waals surface area contributed by atoms with Gasteiger partial charge in [0, 0.05) is 13.1 Å². The fraction of sp³-hybridized carbons (Fsp3) is 0.154. The molecule has 0 unspecified atom stereocenters. The van der Waals surface area contributed by atoms with Gasteiger partial charge >= 0.3 is 5.97 Å². The van der Waals surface area contributed by atoms with Crippen molar-refractivity contribution in [3.63, 3.8) is 0 Å². The minimum absolute atomic E-state index is 0.0109. The molecule has 0 radical (unpaired) electrons. The predicted molar refractivity (Wildman–Crippen MR) is 71.8 cm³/mol. The van der Waals surface area contributed by atoms with Crippen LogP contribution in [0.4, 0.5) is 0 Å². The van der Waals surface area contributed by atoms with Crippen LogP contribution in [0.2, 0.25) is 0 Å². The fourth-order valence-electron chi connectivity index (χ4n) is 1.31. The third-order valence-corrected chi connectivity index (χ3v) is 4.14. The lowest BCUT2D eigenvalue weighted by molar-refractivity contribution is -0.131. The Morgan fingerprint density at radius 3 is 2.47 bits per heavy atom. The average Bonchev–Trinajstić information content (AvgIpc) is 2.37. The number of aliphatic carboxylic acids is 1. The number of terminal acetylenes is 1. The van der Waals surface area contributed by atoms with Crippen molar-refractivity contribution in [2.45, 2.75) is 4.90 Å². The first kappa shape index (κ1) is 15.0. The van der Waals surface area contributed by atoms with E-state index in [0.717, 1.165) is 10.4 Å². The van der Waals surface area contributed by atoms with Crippen molar-refractivity contribution in [2.24, 2.45) is 0 Å². The van der Waals surface area contributed by atoms with Gasteiger partial charge in [0.15, 0.2) is 0 Å². The van der Waals surface area contributed by atoms with Crippen LogP contribution >= 0.6 is 0 Å². The largest absolute Gasteiger partial charge is 0.478 e. The maximum atomic E-state index is 12.0. The van der Waals surface area contributed by atoms with Crippen LogP contribution in [-0.4, -0.2) is 37.4 Å².